The second-order valence-corrected chi connectivity index (χ2v) is 4.68. The third-order valence-electron chi connectivity index (χ3n) is 3.36. The smallest absolute Gasteiger partial charge is 0.146 e. The fourth-order valence-corrected chi connectivity index (χ4v) is 2.51. The molecule has 2 heterocycles. The van der Waals surface area contributed by atoms with E-state index < -0.39 is 0 Å². The minimum Gasteiger partial charge on any atom is -0.351 e. The van der Waals surface area contributed by atoms with Crippen molar-refractivity contribution in [3.8, 4) is 6.07 Å². The van der Waals surface area contributed by atoms with Gasteiger partial charge in [0.15, 0.2) is 0 Å². The molecule has 1 aromatic heterocycles. The predicted octanol–water partition coefficient (Wildman–Crippen LogP) is 1.92. The first kappa shape index (κ1) is 12.8. The van der Waals surface area contributed by atoms with E-state index in [4.69, 9.17) is 0 Å². The summed E-state index contributed by atoms with van der Waals surface area (Å²) in [5, 5.41) is 12.6. The lowest BCUT2D eigenvalue weighted by Crippen LogP contribution is -2.47. The van der Waals surface area contributed by atoms with Crippen LogP contribution in [0, 0.1) is 11.3 Å². The molecule has 4 heteroatoms. The van der Waals surface area contributed by atoms with Gasteiger partial charge in [-0.25, -0.2) is 4.98 Å². The zero-order chi connectivity index (χ0) is 12.8. The van der Waals surface area contributed by atoms with E-state index in [2.05, 4.69) is 28.2 Å². The van der Waals surface area contributed by atoms with Gasteiger partial charge in [-0.15, -0.1) is 0 Å². The number of pyridine rings is 1. The topological polar surface area (TPSA) is 52.0 Å². The molecular formula is C14H20N4. The lowest BCUT2D eigenvalue weighted by molar-refractivity contribution is 0.428. The maximum atomic E-state index is 9.20. The molecule has 0 bridgehead atoms. The zero-order valence-corrected chi connectivity index (χ0v) is 10.9. The molecular weight excluding hydrogens is 224 g/mol. The molecule has 1 fully saturated rings. The molecule has 1 aromatic rings. The Morgan fingerprint density at radius 1 is 1.61 bits per heavy atom. The summed E-state index contributed by atoms with van der Waals surface area (Å²) in [5.74, 6) is 0.843. The van der Waals surface area contributed by atoms with E-state index in [1.54, 1.807) is 6.20 Å². The maximum absolute atomic E-state index is 9.20. The summed E-state index contributed by atoms with van der Waals surface area (Å²) in [4.78, 5) is 6.72. The Hall–Kier alpha value is -1.60. The van der Waals surface area contributed by atoms with Crippen molar-refractivity contribution in [2.45, 2.75) is 32.2 Å². The summed E-state index contributed by atoms with van der Waals surface area (Å²) in [6.07, 6.45) is 5.21. The Morgan fingerprint density at radius 3 is 3.17 bits per heavy atom. The molecule has 0 saturated carbocycles. The number of rotatable bonds is 4. The highest BCUT2D eigenvalue weighted by atomic mass is 15.2. The molecule has 2 rings (SSSR count). The summed E-state index contributed by atoms with van der Waals surface area (Å²) in [6, 6.07) is 6.38. The minimum absolute atomic E-state index is 0.459. The van der Waals surface area contributed by atoms with Gasteiger partial charge in [0.25, 0.3) is 0 Å². The van der Waals surface area contributed by atoms with Gasteiger partial charge in [-0.2, -0.15) is 5.26 Å². The van der Waals surface area contributed by atoms with Crippen molar-refractivity contribution in [2.75, 3.05) is 24.5 Å². The highest BCUT2D eigenvalue weighted by molar-refractivity contribution is 5.54. The third kappa shape index (κ3) is 2.80. The van der Waals surface area contributed by atoms with E-state index in [0.29, 0.717) is 11.6 Å². The normalized spacial score (nSPS) is 19.2. The number of hydrogen-bond donors (Lipinski definition) is 1. The van der Waals surface area contributed by atoms with E-state index in [-0.39, 0.29) is 0 Å². The molecule has 0 aromatic carbocycles. The molecule has 0 aliphatic carbocycles. The summed E-state index contributed by atoms with van der Waals surface area (Å²) in [7, 11) is 0. The number of piperidine rings is 1. The fraction of sp³-hybridized carbons (Fsp3) is 0.571. The maximum Gasteiger partial charge on any atom is 0.146 e. The van der Waals surface area contributed by atoms with Crippen LogP contribution in [0.3, 0.4) is 0 Å². The minimum atomic E-state index is 0.459. The first-order chi connectivity index (χ1) is 8.86. The van der Waals surface area contributed by atoms with Crippen molar-refractivity contribution in [1.29, 1.82) is 5.26 Å². The predicted molar refractivity (Wildman–Crippen MR) is 72.5 cm³/mol. The highest BCUT2D eigenvalue weighted by Gasteiger charge is 2.23. The van der Waals surface area contributed by atoms with Crippen molar-refractivity contribution >= 4 is 5.82 Å². The first-order valence-electron chi connectivity index (χ1n) is 6.69. The molecule has 1 atom stereocenters. The molecule has 0 radical (unpaired) electrons. The van der Waals surface area contributed by atoms with Crippen LogP contribution in [0.5, 0.6) is 0 Å². The Balaban J connectivity index is 2.25. The fourth-order valence-electron chi connectivity index (χ4n) is 2.51. The van der Waals surface area contributed by atoms with Gasteiger partial charge in [0.2, 0.25) is 0 Å². The Bertz CT molecular complexity index is 418. The van der Waals surface area contributed by atoms with Gasteiger partial charge in [-0.05, 0) is 37.9 Å². The van der Waals surface area contributed by atoms with Crippen LogP contribution in [-0.2, 0) is 0 Å². The first-order valence-corrected chi connectivity index (χ1v) is 6.69. The SMILES string of the molecule is CCCN(c1ncccc1C#N)C1CCCNC1. The second kappa shape index (κ2) is 6.36. The monoisotopic (exact) mass is 244 g/mol. The summed E-state index contributed by atoms with van der Waals surface area (Å²) in [6.45, 7) is 5.21. The van der Waals surface area contributed by atoms with Crippen LogP contribution in [0.1, 0.15) is 31.7 Å². The van der Waals surface area contributed by atoms with Gasteiger partial charge < -0.3 is 10.2 Å². The zero-order valence-electron chi connectivity index (χ0n) is 10.9. The van der Waals surface area contributed by atoms with Gasteiger partial charge in [0.1, 0.15) is 11.9 Å². The number of nitrogens with zero attached hydrogens (tertiary/aromatic N) is 3. The van der Waals surface area contributed by atoms with Crippen LogP contribution in [0.25, 0.3) is 0 Å². The van der Waals surface area contributed by atoms with Crippen molar-refractivity contribution in [2.24, 2.45) is 0 Å². The van der Waals surface area contributed by atoms with Gasteiger partial charge in [0.05, 0.1) is 5.56 Å². The molecule has 1 saturated heterocycles. The van der Waals surface area contributed by atoms with Gasteiger partial charge in [-0.1, -0.05) is 6.92 Å². The number of aromatic nitrogens is 1. The summed E-state index contributed by atoms with van der Waals surface area (Å²) in [5.41, 5.74) is 0.677. The van der Waals surface area contributed by atoms with Crippen LogP contribution in [0.2, 0.25) is 0 Å². The van der Waals surface area contributed by atoms with Crippen LogP contribution in [0.4, 0.5) is 5.82 Å². The van der Waals surface area contributed by atoms with Crippen molar-refractivity contribution < 1.29 is 0 Å². The van der Waals surface area contributed by atoms with Crippen molar-refractivity contribution in [3.63, 3.8) is 0 Å². The lowest BCUT2D eigenvalue weighted by atomic mass is 10.0. The summed E-state index contributed by atoms with van der Waals surface area (Å²) < 4.78 is 0. The molecule has 1 unspecified atom stereocenters. The Morgan fingerprint density at radius 2 is 2.50 bits per heavy atom. The summed E-state index contributed by atoms with van der Waals surface area (Å²) >= 11 is 0. The van der Waals surface area contributed by atoms with Gasteiger partial charge in [0, 0.05) is 25.3 Å². The number of nitriles is 1. The molecule has 0 spiro atoms. The number of anilines is 1. The van der Waals surface area contributed by atoms with Crippen LogP contribution < -0.4 is 10.2 Å². The van der Waals surface area contributed by atoms with E-state index in [1.165, 1.54) is 12.8 Å². The molecule has 0 amide bonds. The Kier molecular flexibility index (Phi) is 4.54. The largest absolute Gasteiger partial charge is 0.351 e. The standard InChI is InChI=1S/C14H20N4/c1-2-9-18(13-6-4-7-16-11-13)14-12(10-15)5-3-8-17-14/h3,5,8,13,16H,2,4,6-7,9,11H2,1H3. The highest BCUT2D eigenvalue weighted by Crippen LogP contribution is 2.22. The molecule has 4 nitrogen and oxygen atoms in total. The van der Waals surface area contributed by atoms with Crippen LogP contribution in [0.15, 0.2) is 18.3 Å². The van der Waals surface area contributed by atoms with Crippen molar-refractivity contribution in [1.82, 2.24) is 10.3 Å². The van der Waals surface area contributed by atoms with E-state index >= 15 is 0 Å². The third-order valence-corrected chi connectivity index (χ3v) is 3.36. The van der Waals surface area contributed by atoms with Crippen molar-refractivity contribution in [3.05, 3.63) is 23.9 Å². The number of nitrogens with one attached hydrogen (secondary N) is 1. The van der Waals surface area contributed by atoms with E-state index in [1.807, 2.05) is 12.1 Å². The molecule has 18 heavy (non-hydrogen) atoms. The average molecular weight is 244 g/mol. The Labute approximate surface area is 109 Å². The van der Waals surface area contributed by atoms with E-state index in [0.717, 1.165) is 31.9 Å². The molecule has 1 aliphatic heterocycles. The van der Waals surface area contributed by atoms with Gasteiger partial charge in [-0.3, -0.25) is 0 Å². The second-order valence-electron chi connectivity index (χ2n) is 4.68. The lowest BCUT2D eigenvalue weighted by Gasteiger charge is -2.35. The molecule has 1 aliphatic rings. The quantitative estimate of drug-likeness (QED) is 0.879. The van der Waals surface area contributed by atoms with Crippen LogP contribution in [-0.4, -0.2) is 30.7 Å². The number of hydrogen-bond acceptors (Lipinski definition) is 4. The molecule has 1 N–H and O–H groups in total. The van der Waals surface area contributed by atoms with Crippen LogP contribution >= 0.6 is 0 Å². The molecule has 96 valence electrons. The van der Waals surface area contributed by atoms with Gasteiger partial charge >= 0.3 is 0 Å². The average Bonchev–Trinajstić information content (AvgIpc) is 2.46. The van der Waals surface area contributed by atoms with E-state index in [9.17, 15) is 5.26 Å².